The molecule has 8 atom stereocenters. The minimum atomic E-state index is -0.438. The molecule has 0 N–H and O–H groups in total. The van der Waals surface area contributed by atoms with Gasteiger partial charge in [0.1, 0.15) is 11.7 Å². The lowest BCUT2D eigenvalue weighted by Crippen LogP contribution is -2.55. The molecule has 4 nitrogen and oxygen atoms in total. The lowest BCUT2D eigenvalue weighted by molar-refractivity contribution is -0.198. The summed E-state index contributed by atoms with van der Waals surface area (Å²) in [4.78, 5) is 24.3. The summed E-state index contributed by atoms with van der Waals surface area (Å²) in [6.07, 6.45) is 11.0. The Hall–Kier alpha value is -0.330. The minimum Gasteiger partial charge on any atom is -0.462 e. The highest BCUT2D eigenvalue weighted by Gasteiger charge is 2.60. The molecule has 3 aliphatic rings. The van der Waals surface area contributed by atoms with Crippen LogP contribution in [-0.4, -0.2) is 28.1 Å². The standard InChI is InChI=1S/C28H47IO4/c1-18(2)8-7-9-19(3)23-10-11-24-22-16-26(31)33-28(6,25(22)13-14-27(23,24)5)15-12-21(17-29)32-20(4)30/h18-19,21-25H,7-17H2,1-6H3/t19-,21+,22+,23-,24+,25+,27-,28+/m1/s1. The Bertz CT molecular complexity index is 693. The van der Waals surface area contributed by atoms with E-state index in [1.165, 1.54) is 45.4 Å². The van der Waals surface area contributed by atoms with Gasteiger partial charge in [-0.05, 0) is 80.5 Å². The second-order valence-electron chi connectivity index (χ2n) is 12.3. The molecule has 0 aromatic heterocycles. The topological polar surface area (TPSA) is 52.6 Å². The molecule has 190 valence electrons. The summed E-state index contributed by atoms with van der Waals surface area (Å²) in [6.45, 7) is 13.3. The van der Waals surface area contributed by atoms with Crippen molar-refractivity contribution < 1.29 is 19.1 Å². The molecule has 1 heterocycles. The smallest absolute Gasteiger partial charge is 0.306 e. The first-order valence-corrected chi connectivity index (χ1v) is 15.0. The summed E-state index contributed by atoms with van der Waals surface area (Å²) in [6, 6.07) is 0. The average Bonchev–Trinajstić information content (AvgIpc) is 3.08. The van der Waals surface area contributed by atoms with Crippen LogP contribution in [0.5, 0.6) is 0 Å². The molecule has 1 aliphatic heterocycles. The maximum Gasteiger partial charge on any atom is 0.306 e. The Morgan fingerprint density at radius 2 is 1.85 bits per heavy atom. The van der Waals surface area contributed by atoms with Crippen LogP contribution in [0.4, 0.5) is 0 Å². The van der Waals surface area contributed by atoms with Gasteiger partial charge in [0.05, 0.1) is 0 Å². The van der Waals surface area contributed by atoms with E-state index in [1.807, 2.05) is 0 Å². The highest BCUT2D eigenvalue weighted by atomic mass is 127. The van der Waals surface area contributed by atoms with Gasteiger partial charge in [0.15, 0.2) is 0 Å². The third kappa shape index (κ3) is 6.09. The van der Waals surface area contributed by atoms with Crippen LogP contribution < -0.4 is 0 Å². The van der Waals surface area contributed by atoms with Crippen LogP contribution in [0.25, 0.3) is 0 Å². The zero-order chi connectivity index (χ0) is 24.4. The third-order valence-corrected chi connectivity index (χ3v) is 10.6. The van der Waals surface area contributed by atoms with Crippen LogP contribution >= 0.6 is 22.6 Å². The van der Waals surface area contributed by atoms with Gasteiger partial charge in [-0.25, -0.2) is 0 Å². The quantitative estimate of drug-likeness (QED) is 0.155. The van der Waals surface area contributed by atoms with Crippen LogP contribution in [-0.2, 0) is 19.1 Å². The molecule has 3 fully saturated rings. The average molecular weight is 575 g/mol. The fourth-order valence-electron chi connectivity index (χ4n) is 8.01. The van der Waals surface area contributed by atoms with Crippen molar-refractivity contribution in [2.45, 2.75) is 117 Å². The Balaban J connectivity index is 1.70. The van der Waals surface area contributed by atoms with E-state index in [2.05, 4.69) is 57.2 Å². The summed E-state index contributed by atoms with van der Waals surface area (Å²) in [5.74, 6) is 3.60. The van der Waals surface area contributed by atoms with Gasteiger partial charge in [0.2, 0.25) is 0 Å². The van der Waals surface area contributed by atoms with Gasteiger partial charge in [0, 0.05) is 23.7 Å². The summed E-state index contributed by atoms with van der Waals surface area (Å²) in [5, 5.41) is 0. The number of carbonyl (C=O) groups is 2. The highest BCUT2D eigenvalue weighted by Crippen LogP contribution is 2.64. The van der Waals surface area contributed by atoms with Gasteiger partial charge in [-0.3, -0.25) is 9.59 Å². The number of rotatable bonds is 10. The van der Waals surface area contributed by atoms with E-state index in [0.717, 1.165) is 41.4 Å². The van der Waals surface area contributed by atoms with Gasteiger partial charge in [-0.1, -0.05) is 69.5 Å². The van der Waals surface area contributed by atoms with Crippen LogP contribution in [0.1, 0.15) is 106 Å². The molecule has 33 heavy (non-hydrogen) atoms. The summed E-state index contributed by atoms with van der Waals surface area (Å²) < 4.78 is 12.3. The first-order valence-electron chi connectivity index (χ1n) is 13.4. The van der Waals surface area contributed by atoms with Crippen molar-refractivity contribution in [1.29, 1.82) is 0 Å². The van der Waals surface area contributed by atoms with Gasteiger partial charge in [-0.2, -0.15) is 0 Å². The Morgan fingerprint density at radius 3 is 2.48 bits per heavy atom. The zero-order valence-electron chi connectivity index (χ0n) is 21.8. The molecule has 0 radical (unpaired) electrons. The van der Waals surface area contributed by atoms with Crippen molar-refractivity contribution in [2.75, 3.05) is 4.43 Å². The number of esters is 2. The molecule has 1 saturated heterocycles. The largest absolute Gasteiger partial charge is 0.462 e. The predicted octanol–water partition coefficient (Wildman–Crippen LogP) is 7.36. The van der Waals surface area contributed by atoms with Crippen molar-refractivity contribution in [3.05, 3.63) is 0 Å². The van der Waals surface area contributed by atoms with E-state index in [9.17, 15) is 9.59 Å². The number of fused-ring (bicyclic) bond motifs is 3. The number of hydrogen-bond donors (Lipinski definition) is 0. The predicted molar refractivity (Wildman–Crippen MR) is 141 cm³/mol. The molecule has 2 aliphatic carbocycles. The van der Waals surface area contributed by atoms with Crippen molar-refractivity contribution in [2.24, 2.45) is 40.9 Å². The van der Waals surface area contributed by atoms with E-state index < -0.39 is 5.60 Å². The Labute approximate surface area is 215 Å². The van der Waals surface area contributed by atoms with Crippen LogP contribution in [0.3, 0.4) is 0 Å². The van der Waals surface area contributed by atoms with Crippen LogP contribution in [0.2, 0.25) is 0 Å². The van der Waals surface area contributed by atoms with E-state index in [1.54, 1.807) is 0 Å². The van der Waals surface area contributed by atoms with E-state index in [4.69, 9.17) is 9.47 Å². The lowest BCUT2D eigenvalue weighted by atomic mass is 9.52. The fourth-order valence-corrected chi connectivity index (χ4v) is 8.63. The third-order valence-electron chi connectivity index (χ3n) is 9.64. The highest BCUT2D eigenvalue weighted by molar-refractivity contribution is 14.1. The van der Waals surface area contributed by atoms with E-state index in [0.29, 0.717) is 29.6 Å². The maximum absolute atomic E-state index is 12.8. The van der Waals surface area contributed by atoms with Gasteiger partial charge in [0.25, 0.3) is 0 Å². The van der Waals surface area contributed by atoms with E-state index >= 15 is 0 Å². The van der Waals surface area contributed by atoms with Crippen LogP contribution in [0.15, 0.2) is 0 Å². The van der Waals surface area contributed by atoms with Crippen molar-refractivity contribution in [3.8, 4) is 0 Å². The molecular weight excluding hydrogens is 527 g/mol. The molecule has 5 heteroatoms. The molecule has 0 aromatic carbocycles. The summed E-state index contributed by atoms with van der Waals surface area (Å²) in [5.41, 5.74) is -0.0774. The number of cyclic esters (lactones) is 1. The molecule has 3 rings (SSSR count). The van der Waals surface area contributed by atoms with Crippen molar-refractivity contribution in [1.82, 2.24) is 0 Å². The maximum atomic E-state index is 12.8. The number of hydrogen-bond acceptors (Lipinski definition) is 4. The first kappa shape index (κ1) is 27.3. The van der Waals surface area contributed by atoms with Crippen molar-refractivity contribution >= 4 is 34.5 Å². The number of alkyl halides is 1. The zero-order valence-corrected chi connectivity index (χ0v) is 24.0. The SMILES string of the molecule is CC(=O)O[C@H](CI)CC[C@]1(C)OC(=O)C[C@H]2[C@@H]3CC[C@H]([C@H](C)CCCC(C)C)[C@@]3(C)CC[C@@H]21. The minimum absolute atomic E-state index is 0.0186. The molecule has 0 bridgehead atoms. The summed E-state index contributed by atoms with van der Waals surface area (Å²) in [7, 11) is 0. The number of halogens is 1. The van der Waals surface area contributed by atoms with Crippen molar-refractivity contribution in [3.63, 3.8) is 0 Å². The molecule has 0 unspecified atom stereocenters. The molecule has 0 spiro atoms. The van der Waals surface area contributed by atoms with Crippen LogP contribution in [0, 0.1) is 40.9 Å². The Kier molecular flexibility index (Phi) is 9.22. The number of carbonyl (C=O) groups excluding carboxylic acids is 2. The molecule has 2 saturated carbocycles. The van der Waals surface area contributed by atoms with Gasteiger partial charge < -0.3 is 9.47 Å². The molecule has 0 aromatic rings. The first-order chi connectivity index (χ1) is 15.5. The summed E-state index contributed by atoms with van der Waals surface area (Å²) >= 11 is 2.28. The lowest BCUT2D eigenvalue weighted by Gasteiger charge is -2.56. The second-order valence-corrected chi connectivity index (χ2v) is 13.2. The molecule has 0 amide bonds. The van der Waals surface area contributed by atoms with E-state index in [-0.39, 0.29) is 18.0 Å². The number of ether oxygens (including phenoxy) is 2. The molecular formula is C28H47IO4. The van der Waals surface area contributed by atoms with Gasteiger partial charge >= 0.3 is 11.9 Å². The normalized spacial score (nSPS) is 37.8. The Morgan fingerprint density at radius 1 is 1.12 bits per heavy atom. The monoisotopic (exact) mass is 574 g/mol. The van der Waals surface area contributed by atoms with Gasteiger partial charge in [-0.15, -0.1) is 0 Å². The second kappa shape index (κ2) is 11.2. The fraction of sp³-hybridized carbons (Fsp3) is 0.929.